The molecule has 0 unspecified atom stereocenters. The SMILES string of the molecule is COC(=O)c1cc(C(=O)OCC(O)=C(C#N)c2nc3ccccc3[nH]2)cc([N+](=O)[O-])c1. The van der Waals surface area contributed by atoms with Crippen LogP contribution >= 0.6 is 0 Å². The molecule has 0 amide bonds. The number of carbonyl (C=O) groups excluding carboxylic acids is 2. The predicted molar refractivity (Wildman–Crippen MR) is 106 cm³/mol. The minimum absolute atomic E-state index is 0.0839. The Bertz CT molecular complexity index is 1240. The molecule has 0 aliphatic heterocycles. The second-order valence-electron chi connectivity index (χ2n) is 6.13. The molecule has 2 N–H and O–H groups in total. The minimum Gasteiger partial charge on any atom is -0.507 e. The van der Waals surface area contributed by atoms with Crippen LogP contribution in [-0.2, 0) is 9.47 Å². The molecule has 0 aliphatic rings. The highest BCUT2D eigenvalue weighted by Gasteiger charge is 2.20. The summed E-state index contributed by atoms with van der Waals surface area (Å²) in [6.07, 6.45) is 0. The van der Waals surface area contributed by atoms with Crippen LogP contribution in [0.15, 0.2) is 48.2 Å². The number of aromatic amines is 1. The number of nitro groups is 1. The number of benzene rings is 2. The average molecular weight is 422 g/mol. The number of methoxy groups -OCH3 is 1. The molecule has 0 spiro atoms. The van der Waals surface area contributed by atoms with Gasteiger partial charge in [-0.25, -0.2) is 14.6 Å². The minimum atomic E-state index is -1.05. The van der Waals surface area contributed by atoms with Gasteiger partial charge in [0.2, 0.25) is 0 Å². The topological polar surface area (TPSA) is 168 Å². The van der Waals surface area contributed by atoms with Gasteiger partial charge in [-0.05, 0) is 18.2 Å². The van der Waals surface area contributed by atoms with E-state index in [2.05, 4.69) is 14.7 Å². The first kappa shape index (κ1) is 21.0. The number of nitriles is 1. The van der Waals surface area contributed by atoms with Crippen LogP contribution in [0.2, 0.25) is 0 Å². The van der Waals surface area contributed by atoms with E-state index in [1.54, 1.807) is 30.3 Å². The molecule has 1 heterocycles. The zero-order chi connectivity index (χ0) is 22.5. The van der Waals surface area contributed by atoms with Gasteiger partial charge in [0.05, 0.1) is 34.2 Å². The summed E-state index contributed by atoms with van der Waals surface area (Å²) in [4.78, 5) is 41.4. The van der Waals surface area contributed by atoms with Crippen LogP contribution in [-0.4, -0.2) is 45.7 Å². The smallest absolute Gasteiger partial charge is 0.338 e. The fourth-order valence-corrected chi connectivity index (χ4v) is 2.68. The van der Waals surface area contributed by atoms with Gasteiger partial charge in [-0.3, -0.25) is 10.1 Å². The highest BCUT2D eigenvalue weighted by atomic mass is 16.6. The average Bonchev–Trinajstić information content (AvgIpc) is 3.20. The summed E-state index contributed by atoms with van der Waals surface area (Å²) in [6.45, 7) is -0.699. The van der Waals surface area contributed by atoms with Gasteiger partial charge in [-0.2, -0.15) is 5.26 Å². The van der Waals surface area contributed by atoms with Crippen molar-refractivity contribution in [3.8, 4) is 6.07 Å². The van der Waals surface area contributed by atoms with Crippen LogP contribution in [0.25, 0.3) is 16.6 Å². The Labute approximate surface area is 174 Å². The lowest BCUT2D eigenvalue weighted by atomic mass is 10.1. The number of nitrogens with one attached hydrogen (secondary N) is 1. The zero-order valence-corrected chi connectivity index (χ0v) is 16.0. The summed E-state index contributed by atoms with van der Waals surface area (Å²) >= 11 is 0. The number of para-hydroxylation sites is 2. The van der Waals surface area contributed by atoms with Gasteiger partial charge in [0.15, 0.2) is 11.6 Å². The number of fused-ring (bicyclic) bond motifs is 1. The monoisotopic (exact) mass is 422 g/mol. The third-order valence-electron chi connectivity index (χ3n) is 4.15. The van der Waals surface area contributed by atoms with Crippen molar-refractivity contribution in [2.24, 2.45) is 0 Å². The second-order valence-corrected chi connectivity index (χ2v) is 6.13. The van der Waals surface area contributed by atoms with Crippen LogP contribution in [0.5, 0.6) is 0 Å². The Morgan fingerprint density at radius 2 is 1.90 bits per heavy atom. The second kappa shape index (κ2) is 8.75. The van der Waals surface area contributed by atoms with Crippen molar-refractivity contribution in [3.63, 3.8) is 0 Å². The molecule has 0 aliphatic carbocycles. The Morgan fingerprint density at radius 1 is 1.23 bits per heavy atom. The van der Waals surface area contributed by atoms with Crippen molar-refractivity contribution >= 4 is 34.2 Å². The van der Waals surface area contributed by atoms with Gasteiger partial charge in [-0.1, -0.05) is 12.1 Å². The van der Waals surface area contributed by atoms with Crippen molar-refractivity contribution in [2.75, 3.05) is 13.7 Å². The Balaban J connectivity index is 1.84. The van der Waals surface area contributed by atoms with Crippen LogP contribution in [0.4, 0.5) is 5.69 Å². The predicted octanol–water partition coefficient (Wildman–Crippen LogP) is 2.91. The lowest BCUT2D eigenvalue weighted by Gasteiger charge is -2.07. The van der Waals surface area contributed by atoms with Gasteiger partial charge in [0.25, 0.3) is 5.69 Å². The van der Waals surface area contributed by atoms with E-state index in [9.17, 15) is 30.1 Å². The molecule has 1 aromatic heterocycles. The number of imidazole rings is 1. The van der Waals surface area contributed by atoms with E-state index in [-0.39, 0.29) is 22.5 Å². The van der Waals surface area contributed by atoms with Gasteiger partial charge in [0, 0.05) is 12.1 Å². The summed E-state index contributed by atoms with van der Waals surface area (Å²) in [5.74, 6) is -2.42. The van der Waals surface area contributed by atoms with E-state index in [1.807, 2.05) is 0 Å². The van der Waals surface area contributed by atoms with Gasteiger partial charge < -0.3 is 19.6 Å². The molecule has 156 valence electrons. The number of rotatable bonds is 6. The third-order valence-corrected chi connectivity index (χ3v) is 4.15. The number of esters is 2. The Hall–Kier alpha value is -4.72. The Morgan fingerprint density at radius 3 is 2.52 bits per heavy atom. The number of carbonyl (C=O) groups is 2. The van der Waals surface area contributed by atoms with Crippen LogP contribution in [0.1, 0.15) is 26.5 Å². The number of allylic oxidation sites excluding steroid dienone is 1. The van der Waals surface area contributed by atoms with Crippen molar-refractivity contribution in [1.29, 1.82) is 5.26 Å². The molecule has 0 bridgehead atoms. The molecule has 3 aromatic rings. The standard InChI is InChI=1S/C20H14N4O7/c1-30-19(26)11-6-12(8-13(7-11)24(28)29)20(27)31-10-17(25)14(9-21)18-22-15-4-2-3-5-16(15)23-18/h2-8,25H,10H2,1H3,(H,22,23). The highest BCUT2D eigenvalue weighted by Crippen LogP contribution is 2.21. The fourth-order valence-electron chi connectivity index (χ4n) is 2.68. The van der Waals surface area contributed by atoms with E-state index in [0.29, 0.717) is 11.0 Å². The van der Waals surface area contributed by atoms with Gasteiger partial charge >= 0.3 is 11.9 Å². The molecular formula is C20H14N4O7. The van der Waals surface area contributed by atoms with Crippen molar-refractivity contribution in [2.45, 2.75) is 0 Å². The zero-order valence-electron chi connectivity index (χ0n) is 16.0. The molecule has 11 nitrogen and oxygen atoms in total. The van der Waals surface area contributed by atoms with Crippen molar-refractivity contribution in [1.82, 2.24) is 9.97 Å². The number of hydrogen-bond donors (Lipinski definition) is 2. The first-order valence-electron chi connectivity index (χ1n) is 8.66. The summed E-state index contributed by atoms with van der Waals surface area (Å²) in [7, 11) is 1.09. The molecule has 0 atom stereocenters. The summed E-state index contributed by atoms with van der Waals surface area (Å²) in [5.41, 5.74) is -0.0649. The highest BCUT2D eigenvalue weighted by molar-refractivity contribution is 5.96. The molecule has 31 heavy (non-hydrogen) atoms. The molecule has 0 radical (unpaired) electrons. The first-order chi connectivity index (χ1) is 14.8. The summed E-state index contributed by atoms with van der Waals surface area (Å²) in [6, 6.07) is 11.7. The number of non-ortho nitro benzene ring substituents is 1. The lowest BCUT2D eigenvalue weighted by molar-refractivity contribution is -0.384. The Kier molecular flexibility index (Phi) is 5.92. The number of nitro benzene ring substituents is 1. The lowest BCUT2D eigenvalue weighted by Crippen LogP contribution is -2.11. The third kappa shape index (κ3) is 4.48. The van der Waals surface area contributed by atoms with E-state index < -0.39 is 34.9 Å². The maximum Gasteiger partial charge on any atom is 0.338 e. The molecule has 0 saturated heterocycles. The van der Waals surface area contributed by atoms with E-state index in [4.69, 9.17) is 4.74 Å². The van der Waals surface area contributed by atoms with Crippen LogP contribution in [0.3, 0.4) is 0 Å². The summed E-state index contributed by atoms with van der Waals surface area (Å²) < 4.78 is 9.47. The molecule has 0 saturated carbocycles. The largest absolute Gasteiger partial charge is 0.507 e. The van der Waals surface area contributed by atoms with E-state index in [1.165, 1.54) is 0 Å². The number of ether oxygens (including phenoxy) is 2. The quantitative estimate of drug-likeness (QED) is 0.199. The van der Waals surface area contributed by atoms with Gasteiger partial charge in [-0.15, -0.1) is 0 Å². The molecular weight excluding hydrogens is 408 g/mol. The van der Waals surface area contributed by atoms with E-state index in [0.717, 1.165) is 25.3 Å². The van der Waals surface area contributed by atoms with Crippen molar-refractivity contribution in [3.05, 3.63) is 75.3 Å². The number of nitrogens with zero attached hydrogens (tertiary/aromatic N) is 3. The number of aliphatic hydroxyl groups is 1. The van der Waals surface area contributed by atoms with E-state index >= 15 is 0 Å². The number of H-pyrrole nitrogens is 1. The van der Waals surface area contributed by atoms with Gasteiger partial charge in [0.1, 0.15) is 18.2 Å². The van der Waals surface area contributed by atoms with Crippen LogP contribution in [0, 0.1) is 21.4 Å². The fraction of sp³-hybridized carbons (Fsp3) is 0.100. The number of aromatic nitrogens is 2. The summed E-state index contributed by atoms with van der Waals surface area (Å²) in [5, 5.41) is 30.7. The normalized spacial score (nSPS) is 11.4. The molecule has 11 heteroatoms. The van der Waals surface area contributed by atoms with Crippen LogP contribution < -0.4 is 0 Å². The van der Waals surface area contributed by atoms with Crippen molar-refractivity contribution < 1.29 is 29.1 Å². The number of hydrogen-bond acceptors (Lipinski definition) is 9. The number of aliphatic hydroxyl groups excluding tert-OH is 1. The maximum absolute atomic E-state index is 12.3. The molecule has 2 aromatic carbocycles. The molecule has 0 fully saturated rings. The maximum atomic E-state index is 12.3. The molecule has 3 rings (SSSR count). The first-order valence-corrected chi connectivity index (χ1v) is 8.66.